The van der Waals surface area contributed by atoms with Gasteiger partial charge in [0.05, 0.1) is 17.3 Å². The molecule has 6 heteroatoms. The van der Waals surface area contributed by atoms with Gasteiger partial charge in [0.1, 0.15) is 5.84 Å². The molecule has 0 saturated carbocycles. The van der Waals surface area contributed by atoms with Crippen LogP contribution < -0.4 is 5.73 Å². The van der Waals surface area contributed by atoms with E-state index in [1.54, 1.807) is 0 Å². The number of nitrogen functional groups attached to an aromatic ring is 1. The van der Waals surface area contributed by atoms with Gasteiger partial charge in [0.2, 0.25) is 0 Å². The minimum atomic E-state index is -3.34. The predicted molar refractivity (Wildman–Crippen MR) is 79.8 cm³/mol. The van der Waals surface area contributed by atoms with E-state index in [1.165, 1.54) is 24.3 Å². The van der Waals surface area contributed by atoms with Gasteiger partial charge < -0.3 is 10.5 Å². The number of rotatable bonds is 8. The van der Waals surface area contributed by atoms with Crippen molar-refractivity contribution in [1.82, 2.24) is 0 Å². The first-order chi connectivity index (χ1) is 9.33. The number of ether oxygens (including phenoxy) is 1. The van der Waals surface area contributed by atoms with Crippen molar-refractivity contribution in [2.24, 2.45) is 11.7 Å². The number of nitrogens with two attached hydrogens (primary N) is 1. The van der Waals surface area contributed by atoms with Crippen molar-refractivity contribution in [3.8, 4) is 0 Å². The van der Waals surface area contributed by atoms with Crippen molar-refractivity contribution in [3.05, 3.63) is 29.8 Å². The van der Waals surface area contributed by atoms with Gasteiger partial charge in [0.25, 0.3) is 0 Å². The fraction of sp³-hybridized carbons (Fsp3) is 0.500. The number of hydrogen-bond donors (Lipinski definition) is 2. The lowest BCUT2D eigenvalue weighted by Gasteiger charge is -2.08. The van der Waals surface area contributed by atoms with E-state index < -0.39 is 9.84 Å². The lowest BCUT2D eigenvalue weighted by molar-refractivity contribution is 0.137. The molecular formula is C14H22N2O3S. The maximum Gasteiger partial charge on any atom is 0.180 e. The van der Waals surface area contributed by atoms with Crippen molar-refractivity contribution < 1.29 is 13.2 Å². The Morgan fingerprint density at radius 2 is 1.85 bits per heavy atom. The van der Waals surface area contributed by atoms with E-state index in [0.717, 1.165) is 6.42 Å². The summed E-state index contributed by atoms with van der Waals surface area (Å²) in [6.45, 7) is 4.97. The van der Waals surface area contributed by atoms with Crippen LogP contribution in [0.1, 0.15) is 25.8 Å². The van der Waals surface area contributed by atoms with Crippen LogP contribution >= 0.6 is 0 Å². The van der Waals surface area contributed by atoms with E-state index in [9.17, 15) is 8.42 Å². The van der Waals surface area contributed by atoms with Crippen LogP contribution in [-0.2, 0) is 14.6 Å². The Kier molecular flexibility index (Phi) is 6.16. The Morgan fingerprint density at radius 3 is 2.35 bits per heavy atom. The third kappa shape index (κ3) is 5.30. The van der Waals surface area contributed by atoms with Crippen molar-refractivity contribution >= 4 is 15.7 Å². The normalized spacial score (nSPS) is 11.8. The molecule has 20 heavy (non-hydrogen) atoms. The maximum absolute atomic E-state index is 12.0. The molecule has 0 amide bonds. The summed E-state index contributed by atoms with van der Waals surface area (Å²) >= 11 is 0. The molecule has 1 aromatic rings. The molecule has 3 N–H and O–H groups in total. The quantitative estimate of drug-likeness (QED) is 0.435. The van der Waals surface area contributed by atoms with Crippen molar-refractivity contribution in [3.63, 3.8) is 0 Å². The van der Waals surface area contributed by atoms with Crippen LogP contribution in [0, 0.1) is 11.3 Å². The second-order valence-corrected chi connectivity index (χ2v) is 7.16. The standard InChI is InChI=1S/C14H22N2O3S/c1-11(2)7-8-19-9-10-20(17,18)13-5-3-12(4-6-13)14(15)16/h3-6,11H,7-10H2,1-2H3,(H3,15,16). The molecule has 1 aromatic carbocycles. The Balaban J connectivity index is 2.54. The zero-order valence-corrected chi connectivity index (χ0v) is 12.7. The molecule has 112 valence electrons. The molecule has 0 aliphatic rings. The highest BCUT2D eigenvalue weighted by atomic mass is 32.2. The highest BCUT2D eigenvalue weighted by Gasteiger charge is 2.14. The molecule has 0 radical (unpaired) electrons. The Labute approximate surface area is 120 Å². The van der Waals surface area contributed by atoms with Gasteiger partial charge in [-0.15, -0.1) is 0 Å². The number of amidine groups is 1. The Hall–Kier alpha value is -1.40. The lowest BCUT2D eigenvalue weighted by atomic mass is 10.1. The smallest absolute Gasteiger partial charge is 0.180 e. The third-order valence-electron chi connectivity index (χ3n) is 2.86. The van der Waals surface area contributed by atoms with E-state index >= 15 is 0 Å². The SMILES string of the molecule is CC(C)CCOCCS(=O)(=O)c1ccc(C(=N)N)cc1. The Bertz CT molecular complexity index is 536. The second-order valence-electron chi connectivity index (χ2n) is 5.05. The molecule has 0 fully saturated rings. The summed E-state index contributed by atoms with van der Waals surface area (Å²) in [7, 11) is -3.34. The largest absolute Gasteiger partial charge is 0.384 e. The van der Waals surface area contributed by atoms with Gasteiger partial charge in [-0.1, -0.05) is 26.0 Å². The summed E-state index contributed by atoms with van der Waals surface area (Å²) in [6.07, 6.45) is 0.924. The second kappa shape index (κ2) is 7.40. The van der Waals surface area contributed by atoms with Crippen LogP contribution in [0.5, 0.6) is 0 Å². The van der Waals surface area contributed by atoms with E-state index in [0.29, 0.717) is 18.1 Å². The molecule has 1 rings (SSSR count). The minimum absolute atomic E-state index is 0.0372. The minimum Gasteiger partial charge on any atom is -0.384 e. The average molecular weight is 298 g/mol. The molecule has 0 aliphatic heterocycles. The van der Waals surface area contributed by atoms with Crippen molar-refractivity contribution in [2.75, 3.05) is 19.0 Å². The first-order valence-electron chi connectivity index (χ1n) is 6.58. The molecule has 0 aliphatic carbocycles. The molecule has 0 spiro atoms. The summed E-state index contributed by atoms with van der Waals surface area (Å²) in [5, 5.41) is 7.26. The van der Waals surface area contributed by atoms with E-state index in [4.69, 9.17) is 15.9 Å². The van der Waals surface area contributed by atoms with Gasteiger partial charge >= 0.3 is 0 Å². The van der Waals surface area contributed by atoms with Crippen LogP contribution in [0.15, 0.2) is 29.2 Å². The molecule has 0 atom stereocenters. The zero-order valence-electron chi connectivity index (χ0n) is 11.9. The van der Waals surface area contributed by atoms with E-state index in [-0.39, 0.29) is 23.1 Å². The molecule has 0 aromatic heterocycles. The first kappa shape index (κ1) is 16.7. The number of benzene rings is 1. The van der Waals surface area contributed by atoms with Gasteiger partial charge in [0, 0.05) is 12.2 Å². The fourth-order valence-corrected chi connectivity index (χ4v) is 2.67. The van der Waals surface area contributed by atoms with E-state index in [1.807, 2.05) is 0 Å². The molecule has 5 nitrogen and oxygen atoms in total. The van der Waals surface area contributed by atoms with Crippen LogP contribution in [0.3, 0.4) is 0 Å². The van der Waals surface area contributed by atoms with E-state index in [2.05, 4.69) is 13.8 Å². The number of hydrogen-bond acceptors (Lipinski definition) is 4. The van der Waals surface area contributed by atoms with Crippen LogP contribution in [-0.4, -0.2) is 33.2 Å². The zero-order chi connectivity index (χ0) is 15.2. The summed E-state index contributed by atoms with van der Waals surface area (Å²) < 4.78 is 29.4. The summed E-state index contributed by atoms with van der Waals surface area (Å²) in [5.74, 6) is 0.432. The topological polar surface area (TPSA) is 93.2 Å². The van der Waals surface area contributed by atoms with Crippen LogP contribution in [0.2, 0.25) is 0 Å². The maximum atomic E-state index is 12.0. The Morgan fingerprint density at radius 1 is 1.25 bits per heavy atom. The highest BCUT2D eigenvalue weighted by Crippen LogP contribution is 2.12. The van der Waals surface area contributed by atoms with Gasteiger partial charge in [-0.2, -0.15) is 0 Å². The average Bonchev–Trinajstić information content (AvgIpc) is 2.38. The lowest BCUT2D eigenvalue weighted by Crippen LogP contribution is -2.14. The fourth-order valence-electron chi connectivity index (χ4n) is 1.55. The third-order valence-corrected chi connectivity index (χ3v) is 4.55. The highest BCUT2D eigenvalue weighted by molar-refractivity contribution is 7.91. The molecular weight excluding hydrogens is 276 g/mol. The summed E-state index contributed by atoms with van der Waals surface area (Å²) in [6, 6.07) is 6.02. The monoisotopic (exact) mass is 298 g/mol. The summed E-state index contributed by atoms with van der Waals surface area (Å²) in [4.78, 5) is 0.231. The molecule has 0 unspecified atom stereocenters. The molecule has 0 bridgehead atoms. The van der Waals surface area contributed by atoms with Crippen molar-refractivity contribution in [2.45, 2.75) is 25.2 Å². The molecule has 0 saturated heterocycles. The van der Waals surface area contributed by atoms with Crippen LogP contribution in [0.4, 0.5) is 0 Å². The van der Waals surface area contributed by atoms with Gasteiger partial charge in [-0.05, 0) is 24.5 Å². The summed E-state index contributed by atoms with van der Waals surface area (Å²) in [5.41, 5.74) is 5.84. The molecule has 0 heterocycles. The number of sulfone groups is 1. The predicted octanol–water partition coefficient (Wildman–Crippen LogP) is 1.81. The first-order valence-corrected chi connectivity index (χ1v) is 8.23. The van der Waals surface area contributed by atoms with Gasteiger partial charge in [-0.3, -0.25) is 5.41 Å². The van der Waals surface area contributed by atoms with Crippen molar-refractivity contribution in [1.29, 1.82) is 5.41 Å². The van der Waals surface area contributed by atoms with Gasteiger partial charge in [-0.25, -0.2) is 8.42 Å². The number of nitrogens with one attached hydrogen (secondary N) is 1. The van der Waals surface area contributed by atoms with Crippen LogP contribution in [0.25, 0.3) is 0 Å². The van der Waals surface area contributed by atoms with Gasteiger partial charge in [0.15, 0.2) is 9.84 Å².